The minimum Gasteiger partial charge on any atom is -0.354 e. The number of benzene rings is 1. The van der Waals surface area contributed by atoms with Crippen LogP contribution in [0.1, 0.15) is 38.5 Å². The Bertz CT molecular complexity index is 709. The van der Waals surface area contributed by atoms with Crippen molar-refractivity contribution in [2.75, 3.05) is 51.2 Å². The second kappa shape index (κ2) is 8.84. The van der Waals surface area contributed by atoms with Gasteiger partial charge in [0.15, 0.2) is 0 Å². The smallest absolute Gasteiger partial charge is 0.227 e. The van der Waals surface area contributed by atoms with E-state index in [0.717, 1.165) is 44.7 Å². The highest BCUT2D eigenvalue weighted by Gasteiger charge is 2.41. The molecule has 3 fully saturated rings. The third kappa shape index (κ3) is 4.48. The molecule has 6 nitrogen and oxygen atoms in total. The van der Waals surface area contributed by atoms with Crippen LogP contribution in [0.4, 0.5) is 5.69 Å². The molecule has 1 aromatic rings. The van der Waals surface area contributed by atoms with E-state index in [4.69, 9.17) is 0 Å². The van der Waals surface area contributed by atoms with Crippen molar-refractivity contribution in [3.8, 4) is 0 Å². The van der Waals surface area contributed by atoms with Gasteiger partial charge in [-0.1, -0.05) is 37.5 Å². The van der Waals surface area contributed by atoms with Gasteiger partial charge in [0, 0.05) is 56.9 Å². The summed E-state index contributed by atoms with van der Waals surface area (Å²) in [6.45, 7) is 5.55. The predicted molar refractivity (Wildman–Crippen MR) is 115 cm³/mol. The van der Waals surface area contributed by atoms with Gasteiger partial charge in [-0.15, -0.1) is 0 Å². The summed E-state index contributed by atoms with van der Waals surface area (Å²) in [4.78, 5) is 32.2. The summed E-state index contributed by atoms with van der Waals surface area (Å²) in [5.74, 6) is -0.172. The summed E-state index contributed by atoms with van der Waals surface area (Å²) in [7, 11) is 2.18. The summed E-state index contributed by atoms with van der Waals surface area (Å²) in [5, 5.41) is 3.26. The van der Waals surface area contributed by atoms with Gasteiger partial charge >= 0.3 is 0 Å². The Morgan fingerprint density at radius 1 is 1.07 bits per heavy atom. The number of hydrogen-bond donors (Lipinski definition) is 1. The number of hydrogen-bond acceptors (Lipinski definition) is 4. The first-order valence-corrected chi connectivity index (χ1v) is 11.1. The van der Waals surface area contributed by atoms with Crippen molar-refractivity contribution in [3.05, 3.63) is 30.3 Å². The van der Waals surface area contributed by atoms with E-state index in [1.165, 1.54) is 19.3 Å². The van der Waals surface area contributed by atoms with E-state index in [1.807, 2.05) is 30.3 Å². The Morgan fingerprint density at radius 2 is 1.76 bits per heavy atom. The number of carbonyl (C=O) groups excluding carboxylic acids is 2. The molecule has 0 radical (unpaired) electrons. The summed E-state index contributed by atoms with van der Waals surface area (Å²) >= 11 is 0. The zero-order chi connectivity index (χ0) is 20.3. The Hall–Kier alpha value is -1.92. The lowest BCUT2D eigenvalue weighted by Gasteiger charge is -2.49. The fourth-order valence-electron chi connectivity index (χ4n) is 5.23. The number of para-hydroxylation sites is 1. The lowest BCUT2D eigenvalue weighted by atomic mass is 9.79. The van der Waals surface area contributed by atoms with Crippen LogP contribution < -0.4 is 10.2 Å². The van der Waals surface area contributed by atoms with E-state index >= 15 is 0 Å². The molecular formula is C23H34N4O2. The van der Waals surface area contributed by atoms with E-state index < -0.39 is 0 Å². The third-order valence-electron chi connectivity index (χ3n) is 7.11. The molecule has 2 amide bonds. The Labute approximate surface area is 174 Å². The van der Waals surface area contributed by atoms with Crippen molar-refractivity contribution in [3.63, 3.8) is 0 Å². The van der Waals surface area contributed by atoms with E-state index in [9.17, 15) is 9.59 Å². The molecule has 0 unspecified atom stereocenters. The molecule has 2 saturated heterocycles. The normalized spacial score (nSPS) is 25.9. The Balaban J connectivity index is 1.38. The number of carbonyl (C=O) groups is 2. The van der Waals surface area contributed by atoms with Crippen LogP contribution in [0.15, 0.2) is 30.3 Å². The molecule has 1 atom stereocenters. The van der Waals surface area contributed by atoms with Crippen molar-refractivity contribution < 1.29 is 9.59 Å². The fourth-order valence-corrected chi connectivity index (χ4v) is 5.23. The van der Waals surface area contributed by atoms with Gasteiger partial charge < -0.3 is 15.1 Å². The largest absolute Gasteiger partial charge is 0.354 e. The van der Waals surface area contributed by atoms with E-state index in [1.54, 1.807) is 4.90 Å². The quantitative estimate of drug-likeness (QED) is 0.825. The van der Waals surface area contributed by atoms with Crippen LogP contribution in [0, 0.1) is 5.92 Å². The number of piperazine rings is 1. The fraction of sp³-hybridized carbons (Fsp3) is 0.652. The molecule has 6 heteroatoms. The van der Waals surface area contributed by atoms with E-state index in [-0.39, 0.29) is 23.3 Å². The number of likely N-dealkylation sites (N-methyl/N-ethyl adjacent to an activating group) is 1. The maximum absolute atomic E-state index is 13.0. The first kappa shape index (κ1) is 20.4. The molecule has 1 aliphatic carbocycles. The van der Waals surface area contributed by atoms with Crippen LogP contribution in [-0.2, 0) is 9.59 Å². The van der Waals surface area contributed by atoms with Gasteiger partial charge in [0.05, 0.1) is 5.92 Å². The second-order valence-corrected chi connectivity index (χ2v) is 9.03. The van der Waals surface area contributed by atoms with Crippen LogP contribution in [0.2, 0.25) is 0 Å². The zero-order valence-corrected chi connectivity index (χ0v) is 17.6. The van der Waals surface area contributed by atoms with Gasteiger partial charge in [-0.3, -0.25) is 14.5 Å². The first-order chi connectivity index (χ1) is 14.1. The summed E-state index contributed by atoms with van der Waals surface area (Å²) in [6.07, 6.45) is 6.42. The van der Waals surface area contributed by atoms with Crippen molar-refractivity contribution in [1.82, 2.24) is 15.1 Å². The van der Waals surface area contributed by atoms with Crippen molar-refractivity contribution in [2.45, 2.75) is 44.1 Å². The van der Waals surface area contributed by atoms with E-state index in [2.05, 4.69) is 22.2 Å². The van der Waals surface area contributed by atoms with Crippen LogP contribution in [0.3, 0.4) is 0 Å². The average Bonchev–Trinajstić information content (AvgIpc) is 3.15. The number of nitrogens with one attached hydrogen (secondary N) is 1. The highest BCUT2D eigenvalue weighted by atomic mass is 16.2. The number of nitrogens with zero attached hydrogens (tertiary/aromatic N) is 3. The SMILES string of the molecule is CN1CCN(C2(CNC(=O)[C@H]3CC(=O)N(c4ccccc4)C3)CCCCC2)CC1. The summed E-state index contributed by atoms with van der Waals surface area (Å²) in [6, 6.07) is 9.67. The molecule has 29 heavy (non-hydrogen) atoms. The monoisotopic (exact) mass is 398 g/mol. The molecular weight excluding hydrogens is 364 g/mol. The average molecular weight is 399 g/mol. The number of amides is 2. The minimum atomic E-state index is -0.254. The molecule has 0 bridgehead atoms. The molecule has 4 rings (SSSR count). The lowest BCUT2D eigenvalue weighted by Crippen LogP contribution is -2.61. The molecule has 1 N–H and O–H groups in total. The summed E-state index contributed by atoms with van der Waals surface area (Å²) in [5.41, 5.74) is 0.977. The van der Waals surface area contributed by atoms with Crippen molar-refractivity contribution in [2.24, 2.45) is 5.92 Å². The van der Waals surface area contributed by atoms with Crippen LogP contribution in [-0.4, -0.2) is 73.5 Å². The van der Waals surface area contributed by atoms with Crippen LogP contribution in [0.5, 0.6) is 0 Å². The van der Waals surface area contributed by atoms with Gasteiger partial charge in [-0.25, -0.2) is 0 Å². The number of rotatable bonds is 5. The highest BCUT2D eigenvalue weighted by molar-refractivity contribution is 6.00. The maximum Gasteiger partial charge on any atom is 0.227 e. The third-order valence-corrected chi connectivity index (χ3v) is 7.11. The zero-order valence-electron chi connectivity index (χ0n) is 17.6. The van der Waals surface area contributed by atoms with Crippen LogP contribution in [0.25, 0.3) is 0 Å². The predicted octanol–water partition coefficient (Wildman–Crippen LogP) is 2.11. The standard InChI is InChI=1S/C23H34N4O2/c1-25-12-14-26(15-13-25)23(10-6-3-7-11-23)18-24-22(29)19-16-21(28)27(17-19)20-8-4-2-5-9-20/h2,4-5,8-9,19H,3,6-7,10-18H2,1H3,(H,24,29)/t19-/m0/s1. The van der Waals surface area contributed by atoms with Gasteiger partial charge in [-0.05, 0) is 32.0 Å². The van der Waals surface area contributed by atoms with Gasteiger partial charge in [0.25, 0.3) is 0 Å². The van der Waals surface area contributed by atoms with Crippen molar-refractivity contribution >= 4 is 17.5 Å². The molecule has 0 spiro atoms. The van der Waals surface area contributed by atoms with Gasteiger partial charge in [-0.2, -0.15) is 0 Å². The van der Waals surface area contributed by atoms with Crippen LogP contribution >= 0.6 is 0 Å². The molecule has 1 aromatic carbocycles. The molecule has 2 heterocycles. The maximum atomic E-state index is 13.0. The van der Waals surface area contributed by atoms with E-state index in [0.29, 0.717) is 19.5 Å². The minimum absolute atomic E-state index is 0.0378. The first-order valence-electron chi connectivity index (χ1n) is 11.1. The lowest BCUT2D eigenvalue weighted by molar-refractivity contribution is -0.127. The molecule has 3 aliphatic rings. The van der Waals surface area contributed by atoms with Gasteiger partial charge in [0.1, 0.15) is 0 Å². The topological polar surface area (TPSA) is 55.9 Å². The highest BCUT2D eigenvalue weighted by Crippen LogP contribution is 2.34. The second-order valence-electron chi connectivity index (χ2n) is 9.03. The van der Waals surface area contributed by atoms with Gasteiger partial charge in [0.2, 0.25) is 11.8 Å². The summed E-state index contributed by atoms with van der Waals surface area (Å²) < 4.78 is 0. The Morgan fingerprint density at radius 3 is 2.45 bits per heavy atom. The molecule has 2 aliphatic heterocycles. The molecule has 158 valence electrons. The van der Waals surface area contributed by atoms with Crippen molar-refractivity contribution in [1.29, 1.82) is 0 Å². The molecule has 1 saturated carbocycles. The molecule has 0 aromatic heterocycles. The Kier molecular flexibility index (Phi) is 6.20. The number of anilines is 1.